The summed E-state index contributed by atoms with van der Waals surface area (Å²) in [6.45, 7) is 14.8. The van der Waals surface area contributed by atoms with Crippen molar-refractivity contribution in [1.82, 2.24) is 19.1 Å². The molecular formula is C35H50N6O3S. The zero-order valence-electron chi connectivity index (χ0n) is 27.7. The quantitative estimate of drug-likeness (QED) is 0.235. The van der Waals surface area contributed by atoms with Gasteiger partial charge in [0, 0.05) is 82.3 Å². The number of rotatable bonds is 11. The number of hydrogen-bond donors (Lipinski definition) is 0. The maximum Gasteiger partial charge on any atom is 0.243 e. The van der Waals surface area contributed by atoms with E-state index in [1.807, 2.05) is 33.3 Å². The molecule has 1 spiro atoms. The van der Waals surface area contributed by atoms with E-state index < -0.39 is 10.0 Å². The summed E-state index contributed by atoms with van der Waals surface area (Å²) in [4.78, 5) is 16.2. The van der Waals surface area contributed by atoms with Crippen LogP contribution in [0.3, 0.4) is 0 Å². The van der Waals surface area contributed by atoms with E-state index in [4.69, 9.17) is 4.74 Å². The second kappa shape index (κ2) is 14.0. The van der Waals surface area contributed by atoms with Gasteiger partial charge in [0.15, 0.2) is 0 Å². The van der Waals surface area contributed by atoms with Crippen LogP contribution in [0.25, 0.3) is 0 Å². The van der Waals surface area contributed by atoms with Crippen LogP contribution < -0.4 is 9.64 Å². The molecule has 2 aromatic rings. The molecule has 10 heteroatoms. The van der Waals surface area contributed by atoms with Gasteiger partial charge in [0.1, 0.15) is 11.6 Å². The van der Waals surface area contributed by atoms with Gasteiger partial charge in [-0.1, -0.05) is 6.58 Å². The number of methoxy groups -OCH3 is 1. The van der Waals surface area contributed by atoms with E-state index in [1.165, 1.54) is 18.5 Å². The summed E-state index contributed by atoms with van der Waals surface area (Å²) in [6, 6.07) is 7.88. The molecule has 2 aliphatic heterocycles. The Morgan fingerprint density at radius 1 is 1.07 bits per heavy atom. The van der Waals surface area contributed by atoms with E-state index in [2.05, 4.69) is 56.4 Å². The van der Waals surface area contributed by atoms with E-state index >= 15 is 0 Å². The Balaban J connectivity index is 1.20. The van der Waals surface area contributed by atoms with Crippen LogP contribution in [-0.4, -0.2) is 92.8 Å². The molecule has 0 unspecified atom stereocenters. The number of pyridine rings is 1. The summed E-state index contributed by atoms with van der Waals surface area (Å²) in [5.41, 5.74) is 4.15. The molecule has 5 rings (SSSR count). The number of sulfonamides is 1. The molecule has 1 saturated carbocycles. The Morgan fingerprint density at radius 3 is 2.22 bits per heavy atom. The maximum absolute atomic E-state index is 13.9. The van der Waals surface area contributed by atoms with Crippen molar-refractivity contribution in [1.29, 1.82) is 0 Å². The fourth-order valence-corrected chi connectivity index (χ4v) is 9.04. The highest BCUT2D eigenvalue weighted by Gasteiger charge is 2.40. The number of hydrogen-bond acceptors (Lipinski definition) is 7. The predicted octanol–water partition coefficient (Wildman–Crippen LogP) is 5.62. The molecule has 9 nitrogen and oxygen atoms in total. The SMILES string of the molecule is C=CN=C(C=C(C)N(C)CCN(C1CC1)S(=O)(=O)c1c(C)cc(OC)cc1C)N1CCC2(CC1)CCN(c1ccncc1)CC2. The smallest absolute Gasteiger partial charge is 0.243 e. The van der Waals surface area contributed by atoms with Gasteiger partial charge in [0.2, 0.25) is 10.0 Å². The number of nitrogens with zero attached hydrogens (tertiary/aromatic N) is 6. The van der Waals surface area contributed by atoms with E-state index in [9.17, 15) is 8.42 Å². The first-order valence-corrected chi connectivity index (χ1v) is 17.7. The molecule has 0 radical (unpaired) electrons. The number of likely N-dealkylation sites (N-methyl/N-ethyl adjacent to an activating group) is 1. The number of ether oxygens (including phenoxy) is 1. The van der Waals surface area contributed by atoms with Crippen LogP contribution in [-0.2, 0) is 10.0 Å². The zero-order chi connectivity index (χ0) is 32.2. The third kappa shape index (κ3) is 7.55. The van der Waals surface area contributed by atoms with Gasteiger partial charge >= 0.3 is 0 Å². The summed E-state index contributed by atoms with van der Waals surface area (Å²) in [5, 5.41) is 0. The second-order valence-corrected chi connectivity index (χ2v) is 14.8. The first-order chi connectivity index (χ1) is 21.6. The summed E-state index contributed by atoms with van der Waals surface area (Å²) in [6.07, 6.45) is 14.1. The topological polar surface area (TPSA) is 81.6 Å². The zero-order valence-corrected chi connectivity index (χ0v) is 28.5. The summed E-state index contributed by atoms with van der Waals surface area (Å²) in [5.74, 6) is 1.60. The Bertz CT molecular complexity index is 1480. The van der Waals surface area contributed by atoms with Crippen LogP contribution in [0.4, 0.5) is 5.69 Å². The molecular weight excluding hydrogens is 584 g/mol. The lowest BCUT2D eigenvalue weighted by Crippen LogP contribution is -2.48. The van der Waals surface area contributed by atoms with E-state index in [0.29, 0.717) is 29.1 Å². The van der Waals surface area contributed by atoms with Gasteiger partial charge in [-0.2, -0.15) is 4.31 Å². The van der Waals surface area contributed by atoms with Gasteiger partial charge in [0.25, 0.3) is 0 Å². The summed E-state index contributed by atoms with van der Waals surface area (Å²) >= 11 is 0. The van der Waals surface area contributed by atoms with E-state index in [1.54, 1.807) is 29.7 Å². The fraction of sp³-hybridized carbons (Fsp3) is 0.543. The van der Waals surface area contributed by atoms with E-state index in [-0.39, 0.29) is 6.04 Å². The van der Waals surface area contributed by atoms with Crippen molar-refractivity contribution >= 4 is 21.5 Å². The number of allylic oxidation sites excluding steroid dienone is 1. The molecule has 0 N–H and O–H groups in total. The fourth-order valence-electron chi connectivity index (χ4n) is 6.94. The molecule has 3 aliphatic rings. The van der Waals surface area contributed by atoms with Crippen molar-refractivity contribution in [2.45, 2.75) is 70.2 Å². The minimum Gasteiger partial charge on any atom is -0.497 e. The predicted molar refractivity (Wildman–Crippen MR) is 182 cm³/mol. The maximum atomic E-state index is 13.9. The third-order valence-electron chi connectivity index (χ3n) is 10.0. The molecule has 2 saturated heterocycles. The number of anilines is 1. The molecule has 0 bridgehead atoms. The van der Waals surface area contributed by atoms with Crippen LogP contribution in [0, 0.1) is 19.3 Å². The minimum absolute atomic E-state index is 0.0590. The van der Waals surface area contributed by atoms with Crippen molar-refractivity contribution in [2.24, 2.45) is 10.4 Å². The largest absolute Gasteiger partial charge is 0.497 e. The number of benzene rings is 1. The molecule has 1 aliphatic carbocycles. The van der Waals surface area contributed by atoms with Crippen molar-refractivity contribution in [3.63, 3.8) is 0 Å². The highest BCUT2D eigenvalue weighted by molar-refractivity contribution is 7.89. The van der Waals surface area contributed by atoms with Gasteiger partial charge in [-0.25, -0.2) is 13.4 Å². The average Bonchev–Trinajstić information content (AvgIpc) is 3.86. The monoisotopic (exact) mass is 634 g/mol. The van der Waals surface area contributed by atoms with Crippen molar-refractivity contribution in [3.05, 3.63) is 72.3 Å². The molecule has 0 atom stereocenters. The van der Waals surface area contributed by atoms with Crippen LogP contribution >= 0.6 is 0 Å². The van der Waals surface area contributed by atoms with Crippen LogP contribution in [0.1, 0.15) is 56.6 Å². The molecule has 3 heterocycles. The van der Waals surface area contributed by atoms with Gasteiger partial charge in [-0.05, 0) is 106 Å². The Morgan fingerprint density at radius 2 is 1.67 bits per heavy atom. The highest BCUT2D eigenvalue weighted by Crippen LogP contribution is 2.42. The lowest BCUT2D eigenvalue weighted by atomic mass is 9.71. The van der Waals surface area contributed by atoms with Gasteiger partial charge < -0.3 is 19.4 Å². The molecule has 1 aromatic carbocycles. The van der Waals surface area contributed by atoms with Crippen LogP contribution in [0.5, 0.6) is 5.75 Å². The summed E-state index contributed by atoms with van der Waals surface area (Å²) in [7, 11) is -0.0148. The Kier molecular flexibility index (Phi) is 10.2. The number of likely N-dealkylation sites (tertiary alicyclic amines) is 1. The van der Waals surface area contributed by atoms with Gasteiger partial charge in [-0.3, -0.25) is 4.98 Å². The minimum atomic E-state index is -3.65. The average molecular weight is 635 g/mol. The highest BCUT2D eigenvalue weighted by atomic mass is 32.2. The van der Waals surface area contributed by atoms with Crippen molar-refractivity contribution < 1.29 is 13.2 Å². The molecule has 45 heavy (non-hydrogen) atoms. The number of amidine groups is 1. The Labute approximate surface area is 270 Å². The van der Waals surface area contributed by atoms with Gasteiger partial charge in [0.05, 0.1) is 12.0 Å². The van der Waals surface area contributed by atoms with Crippen LogP contribution in [0.15, 0.2) is 71.1 Å². The van der Waals surface area contributed by atoms with Gasteiger partial charge in [-0.15, -0.1) is 0 Å². The van der Waals surface area contributed by atoms with E-state index in [0.717, 1.165) is 74.5 Å². The lowest BCUT2D eigenvalue weighted by molar-refractivity contribution is 0.114. The third-order valence-corrected chi connectivity index (χ3v) is 12.3. The Hall–Kier alpha value is -3.37. The molecule has 0 amide bonds. The second-order valence-electron chi connectivity index (χ2n) is 13.0. The lowest BCUT2D eigenvalue weighted by Gasteiger charge is -2.47. The number of aliphatic imine (C=N–C) groups is 1. The molecule has 244 valence electrons. The standard InChI is InChI=1S/C35H50N6O3S/c1-7-37-33(40-20-14-35(15-21-40)12-18-39(19-13-35)30-10-16-36-17-11-30)26-29(4)38(5)22-23-41(31-8-9-31)45(42,43)34-27(2)24-32(44-6)25-28(34)3/h7,10-11,16-17,24-26,31H,1,8-9,12-15,18-23H2,2-6H3. The normalized spacial score (nSPS) is 19.2. The first kappa shape index (κ1) is 33.0. The van der Waals surface area contributed by atoms with Crippen LogP contribution in [0.2, 0.25) is 0 Å². The number of piperidine rings is 2. The first-order valence-electron chi connectivity index (χ1n) is 16.2. The number of aryl methyl sites for hydroxylation is 2. The summed E-state index contributed by atoms with van der Waals surface area (Å²) < 4.78 is 34.9. The number of aromatic nitrogens is 1. The van der Waals surface area contributed by atoms with Crippen molar-refractivity contribution in [3.8, 4) is 5.75 Å². The molecule has 3 fully saturated rings. The van der Waals surface area contributed by atoms with Crippen molar-refractivity contribution in [2.75, 3.05) is 58.3 Å². The molecule has 1 aromatic heterocycles.